The molecular weight excluding hydrogens is 374 g/mol. The third kappa shape index (κ3) is 45.7. The van der Waals surface area contributed by atoms with Gasteiger partial charge in [0.05, 0.1) is 31.8 Å². The molecule has 0 aromatic carbocycles. The average molecular weight is 412 g/mol. The van der Waals surface area contributed by atoms with Gasteiger partial charge in [-0.15, -0.1) is 16.6 Å². The number of nitriles is 1. The average Bonchev–Trinajstić information content (AvgIpc) is 3.50. The Kier molecular flexibility index (Phi) is 33.4. The number of morpholine rings is 1. The summed E-state index contributed by atoms with van der Waals surface area (Å²) in [5.41, 5.74) is 19.7. The van der Waals surface area contributed by atoms with Crippen LogP contribution in [0.5, 0.6) is 0 Å². The zero-order valence-electron chi connectivity index (χ0n) is 16.5. The summed E-state index contributed by atoms with van der Waals surface area (Å²) in [6.45, 7) is 7.85. The number of nitrogens with one attached hydrogen (secondary N) is 3. The van der Waals surface area contributed by atoms with E-state index in [2.05, 4.69) is 20.9 Å². The lowest BCUT2D eigenvalue weighted by Gasteiger charge is -2.10. The van der Waals surface area contributed by atoms with Gasteiger partial charge in [-0.3, -0.25) is 0 Å². The number of hydrogen-bond donors (Lipinski definition) is 7. The molecule has 2 aliphatic rings. The van der Waals surface area contributed by atoms with Crippen molar-refractivity contribution in [3.8, 4) is 6.19 Å². The quantitative estimate of drug-likeness (QED) is 0.0623. The van der Waals surface area contributed by atoms with Crippen molar-refractivity contribution < 1.29 is 9.47 Å². The van der Waals surface area contributed by atoms with Crippen LogP contribution in [-0.4, -0.2) is 91.1 Å². The molecule has 2 aliphatic heterocycles. The Hall–Kier alpha value is -1.23. The molecule has 1 unspecified atom stereocenters. The summed E-state index contributed by atoms with van der Waals surface area (Å²) < 4.78 is 9.73. The SMILES string of the molecule is C1COCCN1.CNC.ClCC1CO1.N#CN=C(N)N.NCCNCCN. The number of hydrogen-bond acceptors (Lipinski definition) is 9. The lowest BCUT2D eigenvalue weighted by molar-refractivity contribution is 0.109. The topological polar surface area (TPSA) is 198 Å². The van der Waals surface area contributed by atoms with Gasteiger partial charge in [-0.1, -0.05) is 0 Å². The molecule has 162 valence electrons. The second-order valence-electron chi connectivity index (χ2n) is 4.94. The van der Waals surface area contributed by atoms with Gasteiger partial charge in [-0.05, 0) is 14.1 Å². The van der Waals surface area contributed by atoms with Crippen molar-refractivity contribution >= 4 is 17.6 Å². The Labute approximate surface area is 168 Å². The third-order valence-corrected chi connectivity index (χ3v) is 2.59. The van der Waals surface area contributed by atoms with Crippen LogP contribution in [0, 0.1) is 11.5 Å². The molecule has 2 heterocycles. The largest absolute Gasteiger partial charge is 0.379 e. The summed E-state index contributed by atoms with van der Waals surface area (Å²) in [6.07, 6.45) is 1.80. The lowest BCUT2D eigenvalue weighted by Crippen LogP contribution is -2.30. The van der Waals surface area contributed by atoms with Crippen molar-refractivity contribution in [2.75, 3.05) is 79.1 Å². The first kappa shape index (κ1) is 30.5. The van der Waals surface area contributed by atoms with Crippen molar-refractivity contribution in [1.82, 2.24) is 16.0 Å². The summed E-state index contributed by atoms with van der Waals surface area (Å²) in [7, 11) is 3.75. The van der Waals surface area contributed by atoms with Crippen LogP contribution in [-0.2, 0) is 9.47 Å². The van der Waals surface area contributed by atoms with Crippen LogP contribution in [0.2, 0.25) is 0 Å². The van der Waals surface area contributed by atoms with Crippen LogP contribution in [0.1, 0.15) is 0 Å². The zero-order chi connectivity index (χ0) is 21.2. The van der Waals surface area contributed by atoms with Crippen molar-refractivity contribution in [2.45, 2.75) is 6.10 Å². The Bertz CT molecular complexity index is 316. The first-order valence-corrected chi connectivity index (χ1v) is 9.20. The molecule has 0 aromatic heterocycles. The van der Waals surface area contributed by atoms with E-state index in [9.17, 15) is 0 Å². The van der Waals surface area contributed by atoms with Gasteiger partial charge < -0.3 is 48.4 Å². The number of ether oxygens (including phenoxy) is 2. The number of alkyl halides is 1. The Balaban J connectivity index is -0.000000272. The minimum Gasteiger partial charge on any atom is -0.379 e. The van der Waals surface area contributed by atoms with Gasteiger partial charge in [0.2, 0.25) is 12.2 Å². The number of rotatable bonds is 5. The Morgan fingerprint density at radius 1 is 1.22 bits per heavy atom. The van der Waals surface area contributed by atoms with Crippen LogP contribution in [0.3, 0.4) is 0 Å². The highest BCUT2D eigenvalue weighted by molar-refractivity contribution is 6.18. The monoisotopic (exact) mass is 411 g/mol. The van der Waals surface area contributed by atoms with E-state index < -0.39 is 0 Å². The molecule has 0 radical (unpaired) electrons. The Morgan fingerprint density at radius 2 is 1.70 bits per heavy atom. The fraction of sp³-hybridized carbons (Fsp3) is 0.867. The van der Waals surface area contributed by atoms with Gasteiger partial charge in [-0.25, -0.2) is 0 Å². The second kappa shape index (κ2) is 29.5. The summed E-state index contributed by atoms with van der Waals surface area (Å²) >= 11 is 5.27. The number of epoxide rings is 1. The maximum absolute atomic E-state index is 7.64. The van der Waals surface area contributed by atoms with Crippen LogP contribution in [0.4, 0.5) is 0 Å². The molecule has 2 saturated heterocycles. The fourth-order valence-electron chi connectivity index (χ4n) is 1.06. The molecule has 0 aromatic rings. The third-order valence-electron chi connectivity index (χ3n) is 2.24. The number of nitrogens with two attached hydrogens (primary N) is 4. The van der Waals surface area contributed by atoms with E-state index in [-0.39, 0.29) is 5.96 Å². The molecule has 0 amide bonds. The molecule has 1 atom stereocenters. The summed E-state index contributed by atoms with van der Waals surface area (Å²) in [5, 5.41) is 16.6. The van der Waals surface area contributed by atoms with Crippen molar-refractivity contribution in [3.05, 3.63) is 0 Å². The standard InChI is InChI=1S/C4H13N3.C4H9NO.C3H5ClO.C2H4N4.C2H7N/c5-1-3-7-4-2-6;1-3-6-4-2-5-1;4-1-3-2-5-3;3-1-6-2(4)5;1-3-2/h7H,1-6H2;5H,1-4H2;3H,1-2H2;(H4,4,5,6);3H,1-2H3. The van der Waals surface area contributed by atoms with E-state index in [0.717, 1.165) is 46.0 Å². The van der Waals surface area contributed by atoms with Crippen LogP contribution < -0.4 is 38.9 Å². The molecule has 27 heavy (non-hydrogen) atoms. The molecule has 2 fully saturated rings. The molecular formula is C15H38ClN9O2. The smallest absolute Gasteiger partial charge is 0.209 e. The van der Waals surface area contributed by atoms with Crippen LogP contribution in [0.25, 0.3) is 0 Å². The predicted molar refractivity (Wildman–Crippen MR) is 112 cm³/mol. The van der Waals surface area contributed by atoms with Crippen molar-refractivity contribution in [2.24, 2.45) is 27.9 Å². The van der Waals surface area contributed by atoms with E-state index in [4.69, 9.17) is 49.3 Å². The summed E-state index contributed by atoms with van der Waals surface area (Å²) in [6, 6.07) is 0. The van der Waals surface area contributed by atoms with Crippen LogP contribution >= 0.6 is 11.6 Å². The van der Waals surface area contributed by atoms with Gasteiger partial charge in [-0.2, -0.15) is 5.26 Å². The van der Waals surface area contributed by atoms with E-state index in [1.165, 1.54) is 6.19 Å². The molecule has 11 nitrogen and oxygen atoms in total. The summed E-state index contributed by atoms with van der Waals surface area (Å²) in [4.78, 5) is 2.90. The van der Waals surface area contributed by atoms with Crippen molar-refractivity contribution in [1.29, 1.82) is 5.26 Å². The van der Waals surface area contributed by atoms with Gasteiger partial charge in [0.25, 0.3) is 0 Å². The maximum atomic E-state index is 7.64. The molecule has 0 bridgehead atoms. The second-order valence-corrected chi connectivity index (χ2v) is 5.24. The number of nitrogens with zero attached hydrogens (tertiary/aromatic N) is 2. The van der Waals surface area contributed by atoms with Crippen molar-refractivity contribution in [3.63, 3.8) is 0 Å². The molecule has 0 saturated carbocycles. The van der Waals surface area contributed by atoms with E-state index in [0.29, 0.717) is 25.1 Å². The number of aliphatic imine (C=N–C) groups is 1. The van der Waals surface area contributed by atoms with Gasteiger partial charge in [0, 0.05) is 39.3 Å². The zero-order valence-corrected chi connectivity index (χ0v) is 17.3. The lowest BCUT2D eigenvalue weighted by atomic mass is 10.5. The van der Waals surface area contributed by atoms with E-state index in [1.54, 1.807) is 0 Å². The normalized spacial score (nSPS) is 16.1. The highest BCUT2D eigenvalue weighted by Crippen LogP contribution is 2.08. The predicted octanol–water partition coefficient (Wildman–Crippen LogP) is -2.70. The molecule has 0 spiro atoms. The maximum Gasteiger partial charge on any atom is 0.209 e. The summed E-state index contributed by atoms with van der Waals surface area (Å²) in [5.74, 6) is 0.470. The molecule has 2 rings (SSSR count). The minimum absolute atomic E-state index is 0.197. The van der Waals surface area contributed by atoms with Gasteiger partial charge in [0.1, 0.15) is 0 Å². The van der Waals surface area contributed by atoms with E-state index >= 15 is 0 Å². The van der Waals surface area contributed by atoms with Crippen LogP contribution in [0.15, 0.2) is 4.99 Å². The van der Waals surface area contributed by atoms with Gasteiger partial charge in [0.15, 0.2) is 0 Å². The highest BCUT2D eigenvalue weighted by Gasteiger charge is 2.19. The van der Waals surface area contributed by atoms with E-state index in [1.807, 2.05) is 14.1 Å². The fourth-order valence-corrected chi connectivity index (χ4v) is 1.24. The van der Waals surface area contributed by atoms with Gasteiger partial charge >= 0.3 is 0 Å². The Morgan fingerprint density at radius 3 is 1.81 bits per heavy atom. The molecule has 11 N–H and O–H groups in total. The first-order valence-electron chi connectivity index (χ1n) is 8.66. The minimum atomic E-state index is -0.197. The first-order chi connectivity index (χ1) is 13.0. The molecule has 12 heteroatoms. The highest BCUT2D eigenvalue weighted by atomic mass is 35.5. The molecule has 0 aliphatic carbocycles. The number of halogens is 1. The number of guanidine groups is 1.